The lowest BCUT2D eigenvalue weighted by Crippen LogP contribution is -2.03. The van der Waals surface area contributed by atoms with Crippen molar-refractivity contribution < 1.29 is 4.74 Å². The predicted molar refractivity (Wildman–Crippen MR) is 121 cm³/mol. The summed E-state index contributed by atoms with van der Waals surface area (Å²) < 4.78 is 4.98. The summed E-state index contributed by atoms with van der Waals surface area (Å²) in [6.07, 6.45) is 0.510. The molecule has 0 aromatic heterocycles. The Morgan fingerprint density at radius 3 is 1.41 bits per heavy atom. The zero-order chi connectivity index (χ0) is 20.1. The summed E-state index contributed by atoms with van der Waals surface area (Å²) in [7, 11) is 1.54. The maximum atomic E-state index is 7.72. The number of rotatable bonds is 5. The van der Waals surface area contributed by atoms with Crippen LogP contribution in [0.2, 0.25) is 0 Å². The van der Waals surface area contributed by atoms with Gasteiger partial charge in [0.1, 0.15) is 0 Å². The highest BCUT2D eigenvalue weighted by Crippen LogP contribution is 2.33. The fraction of sp³-hybridized carbons (Fsp3) is 0.0741. The number of hydrogen-bond acceptors (Lipinski definition) is 2. The number of methoxy groups -OCH3 is 1. The molecule has 0 saturated carbocycles. The van der Waals surface area contributed by atoms with Gasteiger partial charge in [0.05, 0.1) is 7.11 Å². The maximum Gasteiger partial charge on any atom is 0.184 e. The van der Waals surface area contributed by atoms with E-state index in [1.807, 2.05) is 12.1 Å². The molecule has 29 heavy (non-hydrogen) atoms. The van der Waals surface area contributed by atoms with E-state index in [4.69, 9.17) is 10.1 Å². The Balaban J connectivity index is 1.77. The van der Waals surface area contributed by atoms with E-state index in [0.717, 1.165) is 11.1 Å². The van der Waals surface area contributed by atoms with Crippen LogP contribution in [0.5, 0.6) is 0 Å². The van der Waals surface area contributed by atoms with Gasteiger partial charge in [-0.15, -0.1) is 0 Å². The van der Waals surface area contributed by atoms with Crippen LogP contribution in [0.15, 0.2) is 103 Å². The fourth-order valence-corrected chi connectivity index (χ4v) is 3.46. The van der Waals surface area contributed by atoms with E-state index in [-0.39, 0.29) is 5.90 Å². The Hall–Kier alpha value is -3.65. The maximum absolute atomic E-state index is 7.72. The first-order valence-electron chi connectivity index (χ1n) is 9.69. The van der Waals surface area contributed by atoms with Gasteiger partial charge in [-0.25, -0.2) is 0 Å². The Labute approximate surface area is 171 Å². The van der Waals surface area contributed by atoms with Crippen LogP contribution in [-0.2, 0) is 11.2 Å². The summed E-state index contributed by atoms with van der Waals surface area (Å²) in [6.45, 7) is 0. The molecule has 0 amide bonds. The van der Waals surface area contributed by atoms with Crippen LogP contribution in [0.3, 0.4) is 0 Å². The standard InChI is InChI=1S/C27H23NO/c1-29-27(28)16-20-12-14-23(15-13-20)26-18-24(21-8-4-2-5-9-21)17-25(19-26)22-10-6-3-7-11-22/h2-15,17-19,28H,16H2,1H3. The molecule has 0 radical (unpaired) electrons. The number of ether oxygens (including phenoxy) is 1. The lowest BCUT2D eigenvalue weighted by molar-refractivity contribution is 0.390. The van der Waals surface area contributed by atoms with E-state index < -0.39 is 0 Å². The summed E-state index contributed by atoms with van der Waals surface area (Å²) in [5.41, 5.74) is 8.22. The van der Waals surface area contributed by atoms with Gasteiger partial charge in [-0.3, -0.25) is 5.41 Å². The molecule has 4 aromatic carbocycles. The zero-order valence-electron chi connectivity index (χ0n) is 16.4. The highest BCUT2D eigenvalue weighted by Gasteiger charge is 2.08. The largest absolute Gasteiger partial charge is 0.484 e. The average Bonchev–Trinajstić information content (AvgIpc) is 2.80. The Kier molecular flexibility index (Phi) is 5.53. The first-order valence-corrected chi connectivity index (χ1v) is 9.69. The molecule has 0 aliphatic rings. The van der Waals surface area contributed by atoms with Crippen molar-refractivity contribution >= 4 is 5.90 Å². The van der Waals surface area contributed by atoms with Crippen molar-refractivity contribution in [3.63, 3.8) is 0 Å². The van der Waals surface area contributed by atoms with Gasteiger partial charge in [0.2, 0.25) is 0 Å². The lowest BCUT2D eigenvalue weighted by atomic mass is 9.93. The molecule has 0 saturated heterocycles. The van der Waals surface area contributed by atoms with E-state index in [1.165, 1.54) is 34.9 Å². The molecular weight excluding hydrogens is 354 g/mol. The van der Waals surface area contributed by atoms with E-state index in [9.17, 15) is 0 Å². The second kappa shape index (κ2) is 8.57. The van der Waals surface area contributed by atoms with Crippen molar-refractivity contribution in [2.24, 2.45) is 0 Å². The van der Waals surface area contributed by atoms with Crippen LogP contribution < -0.4 is 0 Å². The Morgan fingerprint density at radius 1 is 0.586 bits per heavy atom. The molecule has 142 valence electrons. The van der Waals surface area contributed by atoms with Crippen LogP contribution in [-0.4, -0.2) is 13.0 Å². The fourth-order valence-electron chi connectivity index (χ4n) is 3.46. The molecule has 0 aliphatic heterocycles. The normalized spacial score (nSPS) is 10.5. The molecule has 2 heteroatoms. The Morgan fingerprint density at radius 2 is 1.00 bits per heavy atom. The molecule has 4 aromatic rings. The Bertz CT molecular complexity index is 1040. The first kappa shape index (κ1) is 18.7. The van der Waals surface area contributed by atoms with Crippen LogP contribution >= 0.6 is 0 Å². The molecule has 0 unspecified atom stereocenters. The van der Waals surface area contributed by atoms with Gasteiger partial charge in [-0.05, 0) is 57.1 Å². The summed E-state index contributed by atoms with van der Waals surface area (Å²) in [5, 5.41) is 7.72. The molecule has 0 bridgehead atoms. The summed E-state index contributed by atoms with van der Waals surface area (Å²) in [6, 6.07) is 36.1. The van der Waals surface area contributed by atoms with Gasteiger partial charge in [0.15, 0.2) is 5.90 Å². The van der Waals surface area contributed by atoms with E-state index in [0.29, 0.717) is 6.42 Å². The van der Waals surface area contributed by atoms with E-state index in [2.05, 4.69) is 91.0 Å². The first-order chi connectivity index (χ1) is 14.2. The third kappa shape index (κ3) is 4.44. The molecule has 0 heterocycles. The second-order valence-corrected chi connectivity index (χ2v) is 7.03. The van der Waals surface area contributed by atoms with Crippen LogP contribution in [0.1, 0.15) is 5.56 Å². The molecule has 0 fully saturated rings. The van der Waals surface area contributed by atoms with Gasteiger partial charge in [-0.2, -0.15) is 0 Å². The minimum absolute atomic E-state index is 0.273. The SMILES string of the molecule is COC(=N)Cc1ccc(-c2cc(-c3ccccc3)cc(-c3ccccc3)c2)cc1. The van der Waals surface area contributed by atoms with Gasteiger partial charge >= 0.3 is 0 Å². The van der Waals surface area contributed by atoms with Gasteiger partial charge < -0.3 is 4.74 Å². The summed E-state index contributed by atoms with van der Waals surface area (Å²) in [5.74, 6) is 0.273. The monoisotopic (exact) mass is 377 g/mol. The topological polar surface area (TPSA) is 33.1 Å². The van der Waals surface area contributed by atoms with Crippen molar-refractivity contribution in [1.82, 2.24) is 0 Å². The molecule has 0 spiro atoms. The summed E-state index contributed by atoms with van der Waals surface area (Å²) in [4.78, 5) is 0. The second-order valence-electron chi connectivity index (χ2n) is 7.03. The zero-order valence-corrected chi connectivity index (χ0v) is 16.4. The lowest BCUT2D eigenvalue weighted by Gasteiger charge is -2.12. The average molecular weight is 377 g/mol. The van der Waals surface area contributed by atoms with Crippen molar-refractivity contribution in [2.75, 3.05) is 7.11 Å². The van der Waals surface area contributed by atoms with Gasteiger partial charge in [-0.1, -0.05) is 84.9 Å². The van der Waals surface area contributed by atoms with Crippen LogP contribution in [0, 0.1) is 5.41 Å². The predicted octanol–water partition coefficient (Wildman–Crippen LogP) is 6.85. The number of hydrogen-bond donors (Lipinski definition) is 1. The number of nitrogens with one attached hydrogen (secondary N) is 1. The van der Waals surface area contributed by atoms with E-state index >= 15 is 0 Å². The molecule has 1 N–H and O–H groups in total. The molecule has 2 nitrogen and oxygen atoms in total. The van der Waals surface area contributed by atoms with Gasteiger partial charge in [0.25, 0.3) is 0 Å². The highest BCUT2D eigenvalue weighted by atomic mass is 16.5. The number of benzene rings is 4. The van der Waals surface area contributed by atoms with Gasteiger partial charge in [0, 0.05) is 6.42 Å². The van der Waals surface area contributed by atoms with Crippen molar-refractivity contribution in [1.29, 1.82) is 5.41 Å². The minimum atomic E-state index is 0.273. The molecule has 0 atom stereocenters. The molecule has 4 rings (SSSR count). The van der Waals surface area contributed by atoms with E-state index in [1.54, 1.807) is 0 Å². The molecule has 0 aliphatic carbocycles. The quantitative estimate of drug-likeness (QED) is 0.299. The smallest absolute Gasteiger partial charge is 0.184 e. The van der Waals surface area contributed by atoms with Crippen molar-refractivity contribution in [3.8, 4) is 33.4 Å². The highest BCUT2D eigenvalue weighted by molar-refractivity contribution is 5.81. The minimum Gasteiger partial charge on any atom is -0.484 e. The van der Waals surface area contributed by atoms with Crippen molar-refractivity contribution in [3.05, 3.63) is 109 Å². The van der Waals surface area contributed by atoms with Crippen molar-refractivity contribution in [2.45, 2.75) is 6.42 Å². The third-order valence-corrected chi connectivity index (χ3v) is 5.05. The van der Waals surface area contributed by atoms with Crippen LogP contribution in [0.25, 0.3) is 33.4 Å². The molecular formula is C27H23NO. The summed E-state index contributed by atoms with van der Waals surface area (Å²) >= 11 is 0. The van der Waals surface area contributed by atoms with Crippen LogP contribution in [0.4, 0.5) is 0 Å². The third-order valence-electron chi connectivity index (χ3n) is 5.05.